The van der Waals surface area contributed by atoms with Crippen molar-refractivity contribution in [2.75, 3.05) is 5.32 Å². The molecule has 0 fully saturated rings. The predicted octanol–water partition coefficient (Wildman–Crippen LogP) is 4.27. The molecule has 3 aromatic rings. The van der Waals surface area contributed by atoms with Crippen molar-refractivity contribution in [1.29, 1.82) is 0 Å². The van der Waals surface area contributed by atoms with E-state index >= 15 is 0 Å². The SMILES string of the molecule is CC(C)N=C(N)c1ccc(Nc2nc3ccc(C(N)=NC(C)C)cc3s2)cc1. The van der Waals surface area contributed by atoms with Gasteiger partial charge in [0.15, 0.2) is 5.13 Å². The third-order valence-corrected chi connectivity index (χ3v) is 4.84. The number of amidine groups is 2. The van der Waals surface area contributed by atoms with E-state index in [1.807, 2.05) is 70.2 Å². The fourth-order valence-electron chi connectivity index (χ4n) is 2.69. The van der Waals surface area contributed by atoms with Crippen LogP contribution in [0.5, 0.6) is 0 Å². The molecule has 1 heterocycles. The first-order valence-corrected chi connectivity index (χ1v) is 10.1. The van der Waals surface area contributed by atoms with Gasteiger partial charge in [-0.2, -0.15) is 0 Å². The Labute approximate surface area is 169 Å². The zero-order chi connectivity index (χ0) is 20.3. The average Bonchev–Trinajstić information content (AvgIpc) is 3.02. The van der Waals surface area contributed by atoms with Gasteiger partial charge < -0.3 is 16.8 Å². The molecule has 0 unspecified atom stereocenters. The molecule has 0 bridgehead atoms. The Hall–Kier alpha value is -2.93. The number of nitrogens with two attached hydrogens (primary N) is 2. The van der Waals surface area contributed by atoms with Gasteiger partial charge in [-0.05, 0) is 70.2 Å². The number of benzene rings is 2. The summed E-state index contributed by atoms with van der Waals surface area (Å²) in [5.41, 5.74) is 15.8. The molecular formula is C21H26N6S. The molecule has 1 aromatic heterocycles. The lowest BCUT2D eigenvalue weighted by Gasteiger charge is -2.06. The van der Waals surface area contributed by atoms with Gasteiger partial charge in [0.1, 0.15) is 11.7 Å². The van der Waals surface area contributed by atoms with Gasteiger partial charge in [-0.25, -0.2) is 4.98 Å². The summed E-state index contributed by atoms with van der Waals surface area (Å²) < 4.78 is 1.06. The fraction of sp³-hybridized carbons (Fsp3) is 0.286. The van der Waals surface area contributed by atoms with Crippen LogP contribution in [0.15, 0.2) is 52.4 Å². The van der Waals surface area contributed by atoms with E-state index in [1.54, 1.807) is 11.3 Å². The van der Waals surface area contributed by atoms with Crippen LogP contribution >= 0.6 is 11.3 Å². The predicted molar refractivity (Wildman–Crippen MR) is 121 cm³/mol. The number of hydrogen-bond donors (Lipinski definition) is 3. The molecule has 28 heavy (non-hydrogen) atoms. The Bertz CT molecular complexity index is 1020. The highest BCUT2D eigenvalue weighted by Gasteiger charge is 2.08. The number of fused-ring (bicyclic) bond motifs is 1. The van der Waals surface area contributed by atoms with Crippen molar-refractivity contribution in [3.63, 3.8) is 0 Å². The molecule has 3 rings (SSSR count). The van der Waals surface area contributed by atoms with Gasteiger partial charge in [0.25, 0.3) is 0 Å². The first-order valence-electron chi connectivity index (χ1n) is 9.27. The minimum Gasteiger partial charge on any atom is -0.383 e. The van der Waals surface area contributed by atoms with E-state index in [2.05, 4.69) is 20.3 Å². The third kappa shape index (κ3) is 4.86. The number of anilines is 2. The molecule has 0 amide bonds. The van der Waals surface area contributed by atoms with Gasteiger partial charge in [0, 0.05) is 28.9 Å². The lowest BCUT2D eigenvalue weighted by molar-refractivity contribution is 0.834. The summed E-state index contributed by atoms with van der Waals surface area (Å²) in [6.45, 7) is 8.02. The summed E-state index contributed by atoms with van der Waals surface area (Å²) in [5.74, 6) is 1.10. The first kappa shape index (κ1) is 19.8. The minimum absolute atomic E-state index is 0.164. The van der Waals surface area contributed by atoms with Crippen LogP contribution in [0.3, 0.4) is 0 Å². The Balaban J connectivity index is 1.79. The lowest BCUT2D eigenvalue weighted by Crippen LogP contribution is -2.15. The van der Waals surface area contributed by atoms with Crippen LogP contribution in [0.1, 0.15) is 38.8 Å². The number of hydrogen-bond acceptors (Lipinski definition) is 5. The fourth-order valence-corrected chi connectivity index (χ4v) is 3.62. The largest absolute Gasteiger partial charge is 0.383 e. The van der Waals surface area contributed by atoms with Crippen LogP contribution in [-0.4, -0.2) is 28.7 Å². The van der Waals surface area contributed by atoms with Crippen molar-refractivity contribution in [3.05, 3.63) is 53.6 Å². The molecule has 7 heteroatoms. The smallest absolute Gasteiger partial charge is 0.188 e. The van der Waals surface area contributed by atoms with E-state index in [0.717, 1.165) is 32.2 Å². The second-order valence-corrected chi connectivity index (χ2v) is 8.15. The molecule has 5 N–H and O–H groups in total. The van der Waals surface area contributed by atoms with Crippen molar-refractivity contribution < 1.29 is 0 Å². The van der Waals surface area contributed by atoms with E-state index in [1.165, 1.54) is 0 Å². The summed E-state index contributed by atoms with van der Waals surface area (Å²) in [7, 11) is 0. The Morgan fingerprint density at radius 3 is 2.07 bits per heavy atom. The molecule has 6 nitrogen and oxygen atoms in total. The molecule has 2 aromatic carbocycles. The van der Waals surface area contributed by atoms with Crippen molar-refractivity contribution in [2.45, 2.75) is 39.8 Å². The number of nitrogens with zero attached hydrogens (tertiary/aromatic N) is 3. The van der Waals surface area contributed by atoms with E-state index < -0.39 is 0 Å². The number of thiazole rings is 1. The normalized spacial score (nSPS) is 12.9. The number of nitrogens with one attached hydrogen (secondary N) is 1. The van der Waals surface area contributed by atoms with Crippen LogP contribution in [0.25, 0.3) is 10.2 Å². The molecule has 0 saturated carbocycles. The molecular weight excluding hydrogens is 368 g/mol. The van der Waals surface area contributed by atoms with E-state index in [9.17, 15) is 0 Å². The molecule has 0 aliphatic carbocycles. The van der Waals surface area contributed by atoms with Gasteiger partial charge in [-0.3, -0.25) is 9.98 Å². The molecule has 146 valence electrons. The zero-order valence-electron chi connectivity index (χ0n) is 16.6. The van der Waals surface area contributed by atoms with Crippen LogP contribution in [0, 0.1) is 0 Å². The van der Waals surface area contributed by atoms with Gasteiger partial charge in [-0.1, -0.05) is 11.3 Å². The Kier molecular flexibility index (Phi) is 5.94. The monoisotopic (exact) mass is 394 g/mol. The Morgan fingerprint density at radius 2 is 1.46 bits per heavy atom. The summed E-state index contributed by atoms with van der Waals surface area (Å²) in [6, 6.07) is 14.2. The maximum Gasteiger partial charge on any atom is 0.188 e. The van der Waals surface area contributed by atoms with Gasteiger partial charge in [-0.15, -0.1) is 0 Å². The lowest BCUT2D eigenvalue weighted by atomic mass is 10.2. The van der Waals surface area contributed by atoms with Crippen molar-refractivity contribution >= 4 is 44.0 Å². The topological polar surface area (TPSA) is 102 Å². The number of aromatic nitrogens is 1. The van der Waals surface area contributed by atoms with Crippen LogP contribution in [0.2, 0.25) is 0 Å². The maximum atomic E-state index is 6.08. The van der Waals surface area contributed by atoms with Crippen molar-refractivity contribution in [2.24, 2.45) is 21.5 Å². The van der Waals surface area contributed by atoms with E-state index in [-0.39, 0.29) is 12.1 Å². The average molecular weight is 395 g/mol. The first-order chi connectivity index (χ1) is 13.3. The molecule has 0 saturated heterocycles. The Morgan fingerprint density at radius 1 is 0.893 bits per heavy atom. The molecule has 0 spiro atoms. The highest BCUT2D eigenvalue weighted by Crippen LogP contribution is 2.29. The molecule has 0 atom stereocenters. The second-order valence-electron chi connectivity index (χ2n) is 7.12. The van der Waals surface area contributed by atoms with E-state index in [0.29, 0.717) is 11.7 Å². The number of aliphatic imine (C=N–C) groups is 2. The van der Waals surface area contributed by atoms with Crippen LogP contribution in [-0.2, 0) is 0 Å². The minimum atomic E-state index is 0.164. The maximum absolute atomic E-state index is 6.08. The van der Waals surface area contributed by atoms with Gasteiger partial charge >= 0.3 is 0 Å². The zero-order valence-corrected chi connectivity index (χ0v) is 17.4. The highest BCUT2D eigenvalue weighted by molar-refractivity contribution is 7.22. The number of rotatable bonds is 6. The van der Waals surface area contributed by atoms with Crippen molar-refractivity contribution in [1.82, 2.24) is 4.98 Å². The third-order valence-electron chi connectivity index (χ3n) is 3.91. The quantitative estimate of drug-likeness (QED) is 0.429. The molecule has 0 aliphatic rings. The van der Waals surface area contributed by atoms with Crippen LogP contribution in [0.4, 0.5) is 10.8 Å². The summed E-state index contributed by atoms with van der Waals surface area (Å²) >= 11 is 1.58. The highest BCUT2D eigenvalue weighted by atomic mass is 32.1. The second kappa shape index (κ2) is 8.39. The molecule has 0 aliphatic heterocycles. The summed E-state index contributed by atoms with van der Waals surface area (Å²) in [4.78, 5) is 13.4. The standard InChI is InChI=1S/C21H26N6S/c1-12(2)24-19(22)14-5-8-16(9-6-14)26-21-27-17-10-7-15(11-18(17)28-21)20(23)25-13(3)4/h5-13H,1-4H3,(H2,22,24)(H2,23,25)(H,26,27). The summed E-state index contributed by atoms with van der Waals surface area (Å²) in [5, 5.41) is 4.17. The molecule has 0 radical (unpaired) electrons. The van der Waals surface area contributed by atoms with Crippen molar-refractivity contribution in [3.8, 4) is 0 Å². The van der Waals surface area contributed by atoms with Gasteiger partial charge in [0.2, 0.25) is 0 Å². The summed E-state index contributed by atoms with van der Waals surface area (Å²) in [6.07, 6.45) is 0. The van der Waals surface area contributed by atoms with Gasteiger partial charge in [0.05, 0.1) is 10.2 Å². The van der Waals surface area contributed by atoms with Crippen LogP contribution < -0.4 is 16.8 Å². The van der Waals surface area contributed by atoms with E-state index in [4.69, 9.17) is 11.5 Å².